The molecule has 3 aromatic rings. The Hall–Kier alpha value is -2.91. The number of amides is 1. The van der Waals surface area contributed by atoms with Crippen molar-refractivity contribution in [1.82, 2.24) is 13.8 Å². The maximum Gasteiger partial charge on any atom is 0.420 e. The molecule has 8 nitrogen and oxygen atoms in total. The molecule has 1 fully saturated rings. The molecule has 1 amide bonds. The fourth-order valence-electron chi connectivity index (χ4n) is 3.90. The van der Waals surface area contributed by atoms with Crippen molar-refractivity contribution in [2.24, 2.45) is 0 Å². The van der Waals surface area contributed by atoms with Crippen molar-refractivity contribution in [3.8, 4) is 0 Å². The zero-order valence-corrected chi connectivity index (χ0v) is 18.6. The molecule has 1 aliphatic heterocycles. The predicted molar refractivity (Wildman–Crippen MR) is 116 cm³/mol. The zero-order chi connectivity index (χ0) is 22.3. The van der Waals surface area contributed by atoms with Crippen LogP contribution >= 0.6 is 0 Å². The maximum absolute atomic E-state index is 13.1. The standard InChI is InChI=1S/C22H25N3O5S/c1-15-8-9-18(14-16(15)2)31(28,29)24-12-10-23(11-13-24)21(26)17(3)25-19-6-4-5-7-20(19)30-22(25)27/h4-9,14,17H,10-13H2,1-3H3. The Morgan fingerprint density at radius 2 is 1.68 bits per heavy atom. The van der Waals surface area contributed by atoms with E-state index in [0.29, 0.717) is 11.1 Å². The van der Waals surface area contributed by atoms with Gasteiger partial charge in [-0.25, -0.2) is 13.2 Å². The summed E-state index contributed by atoms with van der Waals surface area (Å²) in [4.78, 5) is 27.2. The second-order valence-electron chi connectivity index (χ2n) is 7.86. The summed E-state index contributed by atoms with van der Waals surface area (Å²) < 4.78 is 34.0. The molecular formula is C22H25N3O5S. The third kappa shape index (κ3) is 3.79. The Labute approximate surface area is 180 Å². The summed E-state index contributed by atoms with van der Waals surface area (Å²) in [7, 11) is -3.62. The third-order valence-electron chi connectivity index (χ3n) is 5.93. The number of oxazole rings is 1. The highest BCUT2D eigenvalue weighted by atomic mass is 32.2. The molecule has 1 atom stereocenters. The van der Waals surface area contributed by atoms with Crippen LogP contribution in [0, 0.1) is 13.8 Å². The van der Waals surface area contributed by atoms with Gasteiger partial charge >= 0.3 is 5.76 Å². The Balaban J connectivity index is 1.49. The molecule has 0 radical (unpaired) electrons. The average Bonchev–Trinajstić information content (AvgIpc) is 3.10. The summed E-state index contributed by atoms with van der Waals surface area (Å²) in [6.45, 7) is 6.41. The van der Waals surface area contributed by atoms with E-state index in [9.17, 15) is 18.0 Å². The molecule has 1 saturated heterocycles. The molecule has 0 N–H and O–H groups in total. The number of rotatable bonds is 4. The predicted octanol–water partition coefficient (Wildman–Crippen LogP) is 2.31. The van der Waals surface area contributed by atoms with E-state index < -0.39 is 21.8 Å². The van der Waals surface area contributed by atoms with Crippen molar-refractivity contribution in [2.75, 3.05) is 26.2 Å². The van der Waals surface area contributed by atoms with Gasteiger partial charge in [-0.2, -0.15) is 4.31 Å². The van der Waals surface area contributed by atoms with Gasteiger partial charge in [-0.15, -0.1) is 0 Å². The van der Waals surface area contributed by atoms with Crippen LogP contribution in [0.15, 0.2) is 56.6 Å². The number of carbonyl (C=O) groups is 1. The maximum atomic E-state index is 13.1. The van der Waals surface area contributed by atoms with Crippen LogP contribution in [-0.4, -0.2) is 54.3 Å². The monoisotopic (exact) mass is 443 g/mol. The van der Waals surface area contributed by atoms with E-state index in [2.05, 4.69) is 0 Å². The summed E-state index contributed by atoms with van der Waals surface area (Å²) in [6.07, 6.45) is 0. The SMILES string of the molecule is Cc1ccc(S(=O)(=O)N2CCN(C(=O)C(C)n3c(=O)oc4ccccc43)CC2)cc1C. The Morgan fingerprint density at radius 3 is 2.35 bits per heavy atom. The van der Waals surface area contributed by atoms with Gasteiger partial charge in [0.15, 0.2) is 5.58 Å². The van der Waals surface area contributed by atoms with Crippen LogP contribution in [0.2, 0.25) is 0 Å². The quantitative estimate of drug-likeness (QED) is 0.617. The molecule has 9 heteroatoms. The molecule has 0 spiro atoms. The molecule has 31 heavy (non-hydrogen) atoms. The summed E-state index contributed by atoms with van der Waals surface area (Å²) in [6, 6.07) is 11.3. The minimum Gasteiger partial charge on any atom is -0.408 e. The Bertz CT molecular complexity index is 1300. The van der Waals surface area contributed by atoms with Crippen molar-refractivity contribution in [3.05, 3.63) is 64.1 Å². The van der Waals surface area contributed by atoms with Crippen molar-refractivity contribution in [3.63, 3.8) is 0 Å². The van der Waals surface area contributed by atoms with Crippen molar-refractivity contribution >= 4 is 27.0 Å². The second-order valence-corrected chi connectivity index (χ2v) is 9.80. The number of nitrogens with zero attached hydrogens (tertiary/aromatic N) is 3. The first kappa shape index (κ1) is 21.3. The number of benzene rings is 2. The number of fused-ring (bicyclic) bond motifs is 1. The molecule has 164 valence electrons. The number of hydrogen-bond donors (Lipinski definition) is 0. The first-order valence-corrected chi connectivity index (χ1v) is 11.6. The second kappa shape index (κ2) is 7.97. The molecule has 0 saturated carbocycles. The van der Waals surface area contributed by atoms with Gasteiger partial charge in [0.25, 0.3) is 0 Å². The molecule has 0 aliphatic carbocycles. The van der Waals surface area contributed by atoms with E-state index in [1.54, 1.807) is 54.3 Å². The van der Waals surface area contributed by atoms with Crippen LogP contribution in [0.4, 0.5) is 0 Å². The van der Waals surface area contributed by atoms with Crippen LogP contribution in [0.5, 0.6) is 0 Å². The van der Waals surface area contributed by atoms with Gasteiger partial charge in [0.2, 0.25) is 15.9 Å². The number of hydrogen-bond acceptors (Lipinski definition) is 5. The highest BCUT2D eigenvalue weighted by molar-refractivity contribution is 7.89. The number of sulfonamides is 1. The van der Waals surface area contributed by atoms with E-state index in [-0.39, 0.29) is 37.0 Å². The van der Waals surface area contributed by atoms with Gasteiger partial charge in [-0.05, 0) is 56.2 Å². The minimum atomic E-state index is -3.62. The van der Waals surface area contributed by atoms with Crippen LogP contribution in [0.3, 0.4) is 0 Å². The number of para-hydroxylation sites is 2. The first-order chi connectivity index (χ1) is 14.7. The normalized spacial score (nSPS) is 16.5. The van der Waals surface area contributed by atoms with Gasteiger partial charge in [0, 0.05) is 26.2 Å². The molecule has 0 bridgehead atoms. The zero-order valence-electron chi connectivity index (χ0n) is 17.7. The summed E-state index contributed by atoms with van der Waals surface area (Å²) in [5.74, 6) is -0.824. The van der Waals surface area contributed by atoms with Crippen LogP contribution < -0.4 is 5.76 Å². The molecule has 1 unspecified atom stereocenters. The topological polar surface area (TPSA) is 92.8 Å². The number of aromatic nitrogens is 1. The van der Waals surface area contributed by atoms with Crippen molar-refractivity contribution in [2.45, 2.75) is 31.7 Å². The highest BCUT2D eigenvalue weighted by Gasteiger charge is 2.33. The van der Waals surface area contributed by atoms with Gasteiger partial charge in [0.1, 0.15) is 6.04 Å². The van der Waals surface area contributed by atoms with E-state index in [1.165, 1.54) is 8.87 Å². The summed E-state index contributed by atoms with van der Waals surface area (Å²) in [5, 5.41) is 0. The number of piperazine rings is 1. The van der Waals surface area contributed by atoms with Gasteiger partial charge in [-0.1, -0.05) is 18.2 Å². The molecule has 2 heterocycles. The van der Waals surface area contributed by atoms with Crippen molar-refractivity contribution in [1.29, 1.82) is 0 Å². The molecule has 4 rings (SSSR count). The van der Waals surface area contributed by atoms with Gasteiger partial charge in [0.05, 0.1) is 10.4 Å². The number of carbonyl (C=O) groups excluding carboxylic acids is 1. The molecule has 2 aromatic carbocycles. The Morgan fingerprint density at radius 1 is 1.00 bits per heavy atom. The average molecular weight is 444 g/mol. The lowest BCUT2D eigenvalue weighted by Gasteiger charge is -2.35. The van der Waals surface area contributed by atoms with Crippen LogP contribution in [0.1, 0.15) is 24.1 Å². The largest absolute Gasteiger partial charge is 0.420 e. The fraction of sp³-hybridized carbons (Fsp3) is 0.364. The lowest BCUT2D eigenvalue weighted by molar-refractivity contribution is -0.135. The summed E-state index contributed by atoms with van der Waals surface area (Å²) in [5.41, 5.74) is 2.94. The number of aryl methyl sites for hydroxylation is 2. The van der Waals surface area contributed by atoms with Gasteiger partial charge < -0.3 is 9.32 Å². The fourth-order valence-corrected chi connectivity index (χ4v) is 5.41. The highest BCUT2D eigenvalue weighted by Crippen LogP contribution is 2.22. The lowest BCUT2D eigenvalue weighted by atomic mass is 10.1. The molecule has 1 aromatic heterocycles. The molecular weight excluding hydrogens is 418 g/mol. The van der Waals surface area contributed by atoms with E-state index in [0.717, 1.165) is 11.1 Å². The smallest absolute Gasteiger partial charge is 0.408 e. The van der Waals surface area contributed by atoms with Crippen LogP contribution in [0.25, 0.3) is 11.1 Å². The Kier molecular flexibility index (Phi) is 5.49. The van der Waals surface area contributed by atoms with Crippen LogP contribution in [-0.2, 0) is 14.8 Å². The first-order valence-electron chi connectivity index (χ1n) is 10.2. The molecule has 1 aliphatic rings. The van der Waals surface area contributed by atoms with E-state index >= 15 is 0 Å². The third-order valence-corrected chi connectivity index (χ3v) is 7.82. The minimum absolute atomic E-state index is 0.203. The van der Waals surface area contributed by atoms with E-state index in [4.69, 9.17) is 4.42 Å². The lowest BCUT2D eigenvalue weighted by Crippen LogP contribution is -2.52. The van der Waals surface area contributed by atoms with E-state index in [1.807, 2.05) is 13.8 Å². The summed E-state index contributed by atoms with van der Waals surface area (Å²) >= 11 is 0. The van der Waals surface area contributed by atoms with Gasteiger partial charge in [-0.3, -0.25) is 9.36 Å². The van der Waals surface area contributed by atoms with Crippen molar-refractivity contribution < 1.29 is 17.6 Å².